The number of rotatable bonds is 6. The average molecular weight is 287 g/mol. The number of halogens is 1. The van der Waals surface area contributed by atoms with Crippen molar-refractivity contribution in [1.29, 1.82) is 0 Å². The number of benzene rings is 1. The van der Waals surface area contributed by atoms with Crippen LogP contribution in [0.2, 0.25) is 0 Å². The van der Waals surface area contributed by atoms with Crippen LogP contribution in [0.5, 0.6) is 0 Å². The van der Waals surface area contributed by atoms with Crippen molar-refractivity contribution in [3.05, 3.63) is 29.6 Å². The first-order valence-electron chi connectivity index (χ1n) is 6.25. The molecule has 0 spiro atoms. The van der Waals surface area contributed by atoms with E-state index in [4.69, 9.17) is 5.11 Å². The molecule has 0 aliphatic heterocycles. The molecule has 1 saturated carbocycles. The standard InChI is InChI=1S/C13H18FNO3S/c1-10-2-3-11(14)12(8-10)19(17,18)15-9-13(4-5-13)6-7-16/h2-3,8,15-16H,4-7,9H2,1H3. The molecule has 1 fully saturated rings. The van der Waals surface area contributed by atoms with Crippen LogP contribution in [0.1, 0.15) is 24.8 Å². The van der Waals surface area contributed by atoms with E-state index in [0.29, 0.717) is 12.0 Å². The van der Waals surface area contributed by atoms with Gasteiger partial charge in [-0.2, -0.15) is 0 Å². The summed E-state index contributed by atoms with van der Waals surface area (Å²) in [4.78, 5) is -0.313. The van der Waals surface area contributed by atoms with Gasteiger partial charge in [-0.15, -0.1) is 0 Å². The van der Waals surface area contributed by atoms with Crippen molar-refractivity contribution >= 4 is 10.0 Å². The van der Waals surface area contributed by atoms with Gasteiger partial charge in [0.2, 0.25) is 10.0 Å². The van der Waals surface area contributed by atoms with E-state index in [1.165, 1.54) is 12.1 Å². The minimum absolute atomic E-state index is 0.0422. The van der Waals surface area contributed by atoms with E-state index in [0.717, 1.165) is 18.9 Å². The second-order valence-corrected chi connectivity index (χ2v) is 6.97. The molecule has 0 radical (unpaired) electrons. The zero-order valence-electron chi connectivity index (χ0n) is 10.8. The predicted molar refractivity (Wildman–Crippen MR) is 69.7 cm³/mol. The number of nitrogens with one attached hydrogen (secondary N) is 1. The molecular formula is C13H18FNO3S. The highest BCUT2D eigenvalue weighted by Gasteiger charge is 2.42. The normalized spacial score (nSPS) is 17.4. The third kappa shape index (κ3) is 3.32. The quantitative estimate of drug-likeness (QED) is 0.834. The molecular weight excluding hydrogens is 269 g/mol. The molecule has 0 bridgehead atoms. The van der Waals surface area contributed by atoms with Gasteiger partial charge in [0.1, 0.15) is 10.7 Å². The van der Waals surface area contributed by atoms with Crippen LogP contribution in [-0.2, 0) is 10.0 Å². The van der Waals surface area contributed by atoms with E-state index < -0.39 is 15.8 Å². The van der Waals surface area contributed by atoms with Crippen LogP contribution in [0.4, 0.5) is 4.39 Å². The lowest BCUT2D eigenvalue weighted by atomic mass is 10.0. The van der Waals surface area contributed by atoms with Gasteiger partial charge in [-0.1, -0.05) is 6.07 Å². The fourth-order valence-corrected chi connectivity index (χ4v) is 3.39. The van der Waals surface area contributed by atoms with Gasteiger partial charge in [0.05, 0.1) is 0 Å². The summed E-state index contributed by atoms with van der Waals surface area (Å²) in [6, 6.07) is 4.01. The van der Waals surface area contributed by atoms with Crippen LogP contribution >= 0.6 is 0 Å². The van der Waals surface area contributed by atoms with Gasteiger partial charge in [0.15, 0.2) is 0 Å². The Morgan fingerprint density at radius 3 is 2.68 bits per heavy atom. The Labute approximate surface area is 112 Å². The summed E-state index contributed by atoms with van der Waals surface area (Å²) >= 11 is 0. The molecule has 0 amide bonds. The number of hydrogen-bond donors (Lipinski definition) is 2. The Morgan fingerprint density at radius 2 is 2.11 bits per heavy atom. The lowest BCUT2D eigenvalue weighted by Gasteiger charge is -2.15. The van der Waals surface area contributed by atoms with E-state index in [2.05, 4.69) is 4.72 Å². The number of hydrogen-bond acceptors (Lipinski definition) is 3. The Balaban J connectivity index is 2.12. The first-order valence-corrected chi connectivity index (χ1v) is 7.74. The molecule has 106 valence electrons. The Morgan fingerprint density at radius 1 is 1.42 bits per heavy atom. The minimum atomic E-state index is -3.83. The molecule has 6 heteroatoms. The highest BCUT2D eigenvalue weighted by molar-refractivity contribution is 7.89. The summed E-state index contributed by atoms with van der Waals surface area (Å²) in [7, 11) is -3.83. The van der Waals surface area contributed by atoms with Crippen LogP contribution in [0, 0.1) is 18.2 Å². The zero-order valence-corrected chi connectivity index (χ0v) is 11.6. The molecule has 1 aliphatic carbocycles. The predicted octanol–water partition coefficient (Wildman–Crippen LogP) is 1.58. The molecule has 1 aliphatic rings. The van der Waals surface area contributed by atoms with Gasteiger partial charge < -0.3 is 5.11 Å². The molecule has 1 aromatic carbocycles. The molecule has 19 heavy (non-hydrogen) atoms. The van der Waals surface area contributed by atoms with Crippen molar-refractivity contribution in [2.75, 3.05) is 13.2 Å². The van der Waals surface area contributed by atoms with Crippen molar-refractivity contribution in [2.45, 2.75) is 31.1 Å². The van der Waals surface area contributed by atoms with Crippen molar-refractivity contribution in [1.82, 2.24) is 4.72 Å². The zero-order chi connectivity index (χ0) is 14.1. The first kappa shape index (κ1) is 14.4. The van der Waals surface area contributed by atoms with Gasteiger partial charge in [-0.25, -0.2) is 17.5 Å². The lowest BCUT2D eigenvalue weighted by molar-refractivity contribution is 0.249. The lowest BCUT2D eigenvalue weighted by Crippen LogP contribution is -2.31. The second kappa shape index (κ2) is 5.19. The number of aliphatic hydroxyl groups excluding tert-OH is 1. The number of sulfonamides is 1. The molecule has 0 saturated heterocycles. The second-order valence-electron chi connectivity index (χ2n) is 5.23. The Hall–Kier alpha value is -0.980. The summed E-state index contributed by atoms with van der Waals surface area (Å²) in [5.74, 6) is -0.745. The molecule has 0 heterocycles. The van der Waals surface area contributed by atoms with E-state index in [-0.39, 0.29) is 23.5 Å². The molecule has 2 rings (SSSR count). The monoisotopic (exact) mass is 287 g/mol. The summed E-state index contributed by atoms with van der Waals surface area (Å²) in [6.45, 7) is 2.01. The summed E-state index contributed by atoms with van der Waals surface area (Å²) in [6.07, 6.45) is 2.37. The molecule has 0 unspecified atom stereocenters. The van der Waals surface area contributed by atoms with E-state index in [1.807, 2.05) is 0 Å². The SMILES string of the molecule is Cc1ccc(F)c(S(=O)(=O)NCC2(CCO)CC2)c1. The Bertz CT molecular complexity index is 567. The van der Waals surface area contributed by atoms with Gasteiger partial charge in [0, 0.05) is 13.2 Å². The highest BCUT2D eigenvalue weighted by Crippen LogP contribution is 2.48. The van der Waals surface area contributed by atoms with Crippen molar-refractivity contribution in [2.24, 2.45) is 5.41 Å². The van der Waals surface area contributed by atoms with Crippen LogP contribution < -0.4 is 4.72 Å². The first-order chi connectivity index (χ1) is 8.88. The molecule has 2 N–H and O–H groups in total. The van der Waals surface area contributed by atoms with Crippen molar-refractivity contribution in [3.63, 3.8) is 0 Å². The molecule has 1 aromatic rings. The van der Waals surface area contributed by atoms with Crippen molar-refractivity contribution in [3.8, 4) is 0 Å². The molecule has 0 aromatic heterocycles. The smallest absolute Gasteiger partial charge is 0.243 e. The Kier molecular flexibility index (Phi) is 3.94. The fraction of sp³-hybridized carbons (Fsp3) is 0.538. The van der Waals surface area contributed by atoms with Crippen LogP contribution in [0.25, 0.3) is 0 Å². The van der Waals surface area contributed by atoms with Gasteiger partial charge in [-0.3, -0.25) is 0 Å². The summed E-state index contributed by atoms with van der Waals surface area (Å²) in [5.41, 5.74) is 0.556. The van der Waals surface area contributed by atoms with Gasteiger partial charge >= 0.3 is 0 Å². The van der Waals surface area contributed by atoms with Gasteiger partial charge in [0.25, 0.3) is 0 Å². The highest BCUT2D eigenvalue weighted by atomic mass is 32.2. The van der Waals surface area contributed by atoms with Gasteiger partial charge in [-0.05, 0) is 49.3 Å². The van der Waals surface area contributed by atoms with E-state index in [1.54, 1.807) is 6.92 Å². The number of aliphatic hydroxyl groups is 1. The summed E-state index contributed by atoms with van der Waals surface area (Å²) < 4.78 is 40.2. The van der Waals surface area contributed by atoms with E-state index in [9.17, 15) is 12.8 Å². The molecule has 4 nitrogen and oxygen atoms in total. The third-order valence-corrected chi connectivity index (χ3v) is 5.03. The molecule has 0 atom stereocenters. The third-order valence-electron chi connectivity index (χ3n) is 3.61. The van der Waals surface area contributed by atoms with Crippen molar-refractivity contribution < 1.29 is 17.9 Å². The summed E-state index contributed by atoms with van der Waals surface area (Å²) in [5, 5.41) is 8.93. The fourth-order valence-electron chi connectivity index (χ4n) is 2.07. The maximum atomic E-state index is 13.6. The topological polar surface area (TPSA) is 66.4 Å². The minimum Gasteiger partial charge on any atom is -0.396 e. The maximum absolute atomic E-state index is 13.6. The average Bonchev–Trinajstić information content (AvgIpc) is 3.11. The largest absolute Gasteiger partial charge is 0.396 e. The van der Waals surface area contributed by atoms with Crippen LogP contribution in [-0.4, -0.2) is 26.7 Å². The maximum Gasteiger partial charge on any atom is 0.243 e. The number of aryl methyl sites for hydroxylation is 1. The van der Waals surface area contributed by atoms with E-state index >= 15 is 0 Å². The van der Waals surface area contributed by atoms with Crippen LogP contribution in [0.15, 0.2) is 23.1 Å². The van der Waals surface area contributed by atoms with Crippen LogP contribution in [0.3, 0.4) is 0 Å².